The van der Waals surface area contributed by atoms with Gasteiger partial charge in [-0.15, -0.1) is 11.3 Å². The third kappa shape index (κ3) is 3.44. The number of aromatic nitrogens is 1. The lowest BCUT2D eigenvalue weighted by molar-refractivity contribution is -0.121. The van der Waals surface area contributed by atoms with E-state index in [0.29, 0.717) is 23.8 Å². The van der Waals surface area contributed by atoms with Gasteiger partial charge in [0.15, 0.2) is 5.13 Å². The molecular formula is C23H29N3O3S. The number of anilines is 1. The maximum absolute atomic E-state index is 13.7. The molecule has 30 heavy (non-hydrogen) atoms. The third-order valence-electron chi connectivity index (χ3n) is 6.53. The molecule has 1 spiro atoms. The molecule has 1 N–H and O–H groups in total. The fraction of sp³-hybridized carbons (Fsp3) is 0.522. The molecule has 4 rings (SSSR count). The Morgan fingerprint density at radius 3 is 2.73 bits per heavy atom. The number of rotatable bonds is 6. The number of carbonyl (C=O) groups excluding carboxylic acids is 2. The van der Waals surface area contributed by atoms with E-state index in [-0.39, 0.29) is 11.8 Å². The molecule has 1 saturated carbocycles. The highest BCUT2D eigenvalue weighted by Gasteiger charge is 2.55. The van der Waals surface area contributed by atoms with Crippen LogP contribution in [0.15, 0.2) is 24.3 Å². The van der Waals surface area contributed by atoms with Crippen molar-refractivity contribution >= 4 is 28.3 Å². The summed E-state index contributed by atoms with van der Waals surface area (Å²) in [6, 6.07) is 7.56. The number of nitrogens with one attached hydrogen (secondary N) is 1. The molecule has 0 saturated heterocycles. The van der Waals surface area contributed by atoms with Gasteiger partial charge in [0, 0.05) is 24.1 Å². The van der Waals surface area contributed by atoms with E-state index in [1.54, 1.807) is 7.11 Å². The van der Waals surface area contributed by atoms with Crippen LogP contribution in [0.5, 0.6) is 0 Å². The number of nitrogens with zero attached hydrogens (tertiary/aromatic N) is 2. The van der Waals surface area contributed by atoms with E-state index in [9.17, 15) is 9.59 Å². The van der Waals surface area contributed by atoms with Gasteiger partial charge >= 0.3 is 0 Å². The van der Waals surface area contributed by atoms with E-state index >= 15 is 0 Å². The first kappa shape index (κ1) is 21.0. The van der Waals surface area contributed by atoms with Gasteiger partial charge in [0.1, 0.15) is 0 Å². The lowest BCUT2D eigenvalue weighted by Gasteiger charge is -2.50. The second-order valence-corrected chi connectivity index (χ2v) is 9.35. The zero-order valence-electron chi connectivity index (χ0n) is 17.9. The SMILES string of the molecule is CCc1nc(NC(=O)[C@H]2c3ccccc3C(=O)N(CCOC)C23CCCC3)sc1C. The minimum atomic E-state index is -0.506. The molecule has 2 amide bonds. The summed E-state index contributed by atoms with van der Waals surface area (Å²) in [4.78, 5) is 34.8. The van der Waals surface area contributed by atoms with E-state index in [0.717, 1.165) is 48.2 Å². The molecular weight excluding hydrogens is 398 g/mol. The average molecular weight is 428 g/mol. The summed E-state index contributed by atoms with van der Waals surface area (Å²) in [6.45, 7) is 5.04. The number of thiazole rings is 1. The first-order valence-corrected chi connectivity index (χ1v) is 11.5. The number of amides is 2. The van der Waals surface area contributed by atoms with Gasteiger partial charge in [0.25, 0.3) is 5.91 Å². The molecule has 1 fully saturated rings. The zero-order chi connectivity index (χ0) is 21.3. The van der Waals surface area contributed by atoms with Crippen molar-refractivity contribution in [3.63, 3.8) is 0 Å². The van der Waals surface area contributed by atoms with Crippen LogP contribution in [0.2, 0.25) is 0 Å². The molecule has 0 bridgehead atoms. The lowest BCUT2D eigenvalue weighted by atomic mass is 9.71. The predicted octanol–water partition coefficient (Wildman–Crippen LogP) is 4.15. The molecule has 1 aromatic carbocycles. The monoisotopic (exact) mass is 427 g/mol. The quantitative estimate of drug-likeness (QED) is 0.752. The number of carbonyl (C=O) groups is 2. The maximum Gasteiger partial charge on any atom is 0.254 e. The van der Waals surface area contributed by atoms with Crippen molar-refractivity contribution in [3.05, 3.63) is 46.0 Å². The summed E-state index contributed by atoms with van der Waals surface area (Å²) >= 11 is 1.52. The molecule has 2 aliphatic rings. The van der Waals surface area contributed by atoms with Gasteiger partial charge in [-0.2, -0.15) is 0 Å². The Morgan fingerprint density at radius 1 is 1.33 bits per heavy atom. The Labute approximate surface area is 181 Å². The fourth-order valence-electron chi connectivity index (χ4n) is 5.16. The summed E-state index contributed by atoms with van der Waals surface area (Å²) < 4.78 is 5.30. The molecule has 7 heteroatoms. The van der Waals surface area contributed by atoms with Gasteiger partial charge < -0.3 is 15.0 Å². The number of benzene rings is 1. The van der Waals surface area contributed by atoms with Crippen LogP contribution in [0.1, 0.15) is 65.0 Å². The average Bonchev–Trinajstić information content (AvgIpc) is 3.35. The predicted molar refractivity (Wildman–Crippen MR) is 118 cm³/mol. The maximum atomic E-state index is 13.7. The van der Waals surface area contributed by atoms with Crippen molar-refractivity contribution in [3.8, 4) is 0 Å². The van der Waals surface area contributed by atoms with Crippen LogP contribution < -0.4 is 5.32 Å². The molecule has 1 aliphatic heterocycles. The van der Waals surface area contributed by atoms with E-state index in [4.69, 9.17) is 4.74 Å². The Kier molecular flexibility index (Phi) is 5.93. The van der Waals surface area contributed by atoms with E-state index < -0.39 is 11.5 Å². The van der Waals surface area contributed by atoms with Crippen LogP contribution in [0, 0.1) is 6.92 Å². The van der Waals surface area contributed by atoms with Gasteiger partial charge in [-0.1, -0.05) is 38.0 Å². The van der Waals surface area contributed by atoms with Crippen LogP contribution in [-0.4, -0.2) is 47.5 Å². The number of fused-ring (bicyclic) bond motifs is 1. The van der Waals surface area contributed by atoms with Crippen LogP contribution in [0.4, 0.5) is 5.13 Å². The third-order valence-corrected chi connectivity index (χ3v) is 7.46. The second-order valence-electron chi connectivity index (χ2n) is 8.15. The Balaban J connectivity index is 1.76. The zero-order valence-corrected chi connectivity index (χ0v) is 18.7. The largest absolute Gasteiger partial charge is 0.383 e. The molecule has 1 atom stereocenters. The number of hydrogen-bond donors (Lipinski definition) is 1. The highest BCUT2D eigenvalue weighted by Crippen LogP contribution is 2.50. The van der Waals surface area contributed by atoms with Gasteiger partial charge in [0.2, 0.25) is 5.91 Å². The van der Waals surface area contributed by atoms with Crippen molar-refractivity contribution in [1.29, 1.82) is 0 Å². The van der Waals surface area contributed by atoms with Crippen LogP contribution in [0.3, 0.4) is 0 Å². The molecule has 1 aliphatic carbocycles. The van der Waals surface area contributed by atoms with Crippen molar-refractivity contribution in [2.24, 2.45) is 0 Å². The fourth-order valence-corrected chi connectivity index (χ4v) is 6.07. The number of ether oxygens (including phenoxy) is 1. The minimum absolute atomic E-state index is 0.00645. The van der Waals surface area contributed by atoms with Crippen LogP contribution in [-0.2, 0) is 16.0 Å². The molecule has 160 valence electrons. The number of aryl methyl sites for hydroxylation is 2. The van der Waals surface area contributed by atoms with E-state index in [1.165, 1.54) is 11.3 Å². The number of hydrogen-bond acceptors (Lipinski definition) is 5. The van der Waals surface area contributed by atoms with Crippen molar-refractivity contribution in [2.75, 3.05) is 25.6 Å². The van der Waals surface area contributed by atoms with E-state index in [2.05, 4.69) is 17.2 Å². The topological polar surface area (TPSA) is 71.5 Å². The summed E-state index contributed by atoms with van der Waals surface area (Å²) in [7, 11) is 1.64. The van der Waals surface area contributed by atoms with Gasteiger partial charge in [-0.25, -0.2) is 4.98 Å². The normalized spacial score (nSPS) is 19.9. The molecule has 0 radical (unpaired) electrons. The second kappa shape index (κ2) is 8.47. The summed E-state index contributed by atoms with van der Waals surface area (Å²) in [5.74, 6) is -0.484. The highest BCUT2D eigenvalue weighted by atomic mass is 32.1. The van der Waals surface area contributed by atoms with Gasteiger partial charge in [0.05, 0.1) is 23.8 Å². The Bertz CT molecular complexity index is 949. The smallest absolute Gasteiger partial charge is 0.254 e. The molecule has 1 aromatic heterocycles. The first-order chi connectivity index (χ1) is 14.5. The van der Waals surface area contributed by atoms with Crippen molar-refractivity contribution < 1.29 is 14.3 Å². The molecule has 2 heterocycles. The van der Waals surface area contributed by atoms with Gasteiger partial charge in [-0.05, 0) is 37.8 Å². The Hall–Kier alpha value is -2.25. The summed E-state index contributed by atoms with van der Waals surface area (Å²) in [5.41, 5.74) is 1.97. The molecule has 6 nitrogen and oxygen atoms in total. The molecule has 2 aromatic rings. The van der Waals surface area contributed by atoms with Crippen LogP contribution in [0.25, 0.3) is 0 Å². The first-order valence-electron chi connectivity index (χ1n) is 10.7. The highest BCUT2D eigenvalue weighted by molar-refractivity contribution is 7.15. The summed E-state index contributed by atoms with van der Waals surface area (Å²) in [5, 5.41) is 3.73. The van der Waals surface area contributed by atoms with Crippen molar-refractivity contribution in [1.82, 2.24) is 9.88 Å². The minimum Gasteiger partial charge on any atom is -0.383 e. The van der Waals surface area contributed by atoms with Crippen LogP contribution >= 0.6 is 11.3 Å². The van der Waals surface area contributed by atoms with Gasteiger partial charge in [-0.3, -0.25) is 9.59 Å². The standard InChI is InChI=1S/C23H29N3O3S/c1-4-18-15(2)30-22(24-18)25-20(27)19-16-9-5-6-10-17(16)21(28)26(13-14-29-3)23(19)11-7-8-12-23/h5-6,9-10,19H,4,7-8,11-14H2,1-3H3,(H,24,25,27)/t19-/m1/s1. The Morgan fingerprint density at radius 2 is 2.07 bits per heavy atom. The molecule has 0 unspecified atom stereocenters. The lowest BCUT2D eigenvalue weighted by Crippen LogP contribution is -2.60. The van der Waals surface area contributed by atoms with E-state index in [1.807, 2.05) is 36.1 Å². The van der Waals surface area contributed by atoms with Crippen molar-refractivity contribution in [2.45, 2.75) is 57.4 Å². The summed E-state index contributed by atoms with van der Waals surface area (Å²) in [6.07, 6.45) is 4.52. The number of methoxy groups -OCH3 is 1.